The second-order valence-electron chi connectivity index (χ2n) is 10.7. The van der Waals surface area contributed by atoms with Crippen LogP contribution in [0.5, 0.6) is 0 Å². The molecular weight excluding hydrogens is 556 g/mol. The summed E-state index contributed by atoms with van der Waals surface area (Å²) in [6.45, 7) is 2.66. The normalized spacial score (nSPS) is 33.1. The van der Waals surface area contributed by atoms with Crippen LogP contribution in [0.15, 0.2) is 25.3 Å². The minimum absolute atomic E-state index is 0.359. The molecule has 0 unspecified atom stereocenters. The Bertz CT molecular complexity index is 1460. The SMILES string of the molecule is C[C@@]1(O)[C@H](O)[C@@H](CO)O[C@H]1n1cnc2c(NCCNc3ncnc4c3ncn4[C@@H]3O[C@H](CO)[C@@H](O)[C@@]3(C)O)ncnc21. The number of aliphatic hydroxyl groups is 6. The molecular formula is C24H32N10O8. The van der Waals surface area contributed by atoms with E-state index in [-0.39, 0.29) is 0 Å². The van der Waals surface area contributed by atoms with Gasteiger partial charge in [0, 0.05) is 13.1 Å². The van der Waals surface area contributed by atoms with Crippen molar-refractivity contribution in [3.63, 3.8) is 0 Å². The molecule has 0 amide bonds. The van der Waals surface area contributed by atoms with Gasteiger partial charge in [0.15, 0.2) is 46.4 Å². The Morgan fingerprint density at radius 2 is 1.12 bits per heavy atom. The van der Waals surface area contributed by atoms with E-state index in [0.717, 1.165) is 0 Å². The lowest BCUT2D eigenvalue weighted by Gasteiger charge is -2.27. The summed E-state index contributed by atoms with van der Waals surface area (Å²) in [4.78, 5) is 25.8. The second-order valence-corrected chi connectivity index (χ2v) is 10.7. The standard InChI is InChI=1S/C24H32N10O8/c1-23(39)15(37)11(5-35)41-21(23)33-9-31-13-17(27-7-29-19(13)33)25-3-4-26-18-14-20(30-8-28-18)34(10-32-14)22-24(2,40)16(38)12(6-36)42-22/h7-12,15-16,21-22,35-40H,3-6H2,1-2H3,(H,25,27,29)(H,26,28,30)/t11-,12-,15-,16-,21-,22-,23-,24-/m1/s1. The van der Waals surface area contributed by atoms with Crippen molar-refractivity contribution in [2.24, 2.45) is 0 Å². The van der Waals surface area contributed by atoms with E-state index in [1.807, 2.05) is 0 Å². The number of fused-ring (bicyclic) bond motifs is 2. The maximum absolute atomic E-state index is 10.8. The van der Waals surface area contributed by atoms with Gasteiger partial charge >= 0.3 is 0 Å². The van der Waals surface area contributed by atoms with Crippen molar-refractivity contribution in [2.45, 2.75) is 61.9 Å². The zero-order valence-electron chi connectivity index (χ0n) is 22.7. The average Bonchev–Trinajstić information content (AvgIpc) is 3.70. The fourth-order valence-electron chi connectivity index (χ4n) is 5.45. The van der Waals surface area contributed by atoms with E-state index in [4.69, 9.17) is 9.47 Å². The van der Waals surface area contributed by atoms with E-state index in [1.165, 1.54) is 48.3 Å². The zero-order valence-corrected chi connectivity index (χ0v) is 22.7. The lowest BCUT2D eigenvalue weighted by Crippen LogP contribution is -2.44. The zero-order chi connectivity index (χ0) is 29.8. The Kier molecular flexibility index (Phi) is 7.18. The number of nitrogens with zero attached hydrogens (tertiary/aromatic N) is 8. The summed E-state index contributed by atoms with van der Waals surface area (Å²) in [6.07, 6.45) is -1.09. The molecule has 18 heteroatoms. The van der Waals surface area contributed by atoms with E-state index >= 15 is 0 Å². The summed E-state index contributed by atoms with van der Waals surface area (Å²) in [7, 11) is 0. The molecule has 4 aromatic heterocycles. The van der Waals surface area contributed by atoms with Gasteiger partial charge < -0.3 is 50.7 Å². The smallest absolute Gasteiger partial charge is 0.168 e. The van der Waals surface area contributed by atoms with Gasteiger partial charge in [-0.2, -0.15) is 0 Å². The summed E-state index contributed by atoms with van der Waals surface area (Å²) >= 11 is 0. The molecule has 6 heterocycles. The van der Waals surface area contributed by atoms with Crippen LogP contribution >= 0.6 is 0 Å². The van der Waals surface area contributed by atoms with Crippen LogP contribution < -0.4 is 10.6 Å². The lowest BCUT2D eigenvalue weighted by atomic mass is 9.96. The molecule has 2 aliphatic heterocycles. The van der Waals surface area contributed by atoms with Gasteiger partial charge in [-0.1, -0.05) is 0 Å². The molecule has 226 valence electrons. The van der Waals surface area contributed by atoms with Crippen molar-refractivity contribution in [3.8, 4) is 0 Å². The average molecular weight is 589 g/mol. The van der Waals surface area contributed by atoms with E-state index in [1.54, 1.807) is 0 Å². The summed E-state index contributed by atoms with van der Waals surface area (Å²) in [5.74, 6) is 0.847. The van der Waals surface area contributed by atoms with Crippen LogP contribution in [0.25, 0.3) is 22.3 Å². The van der Waals surface area contributed by atoms with Crippen molar-refractivity contribution in [3.05, 3.63) is 25.3 Å². The minimum Gasteiger partial charge on any atom is -0.394 e. The first-order valence-electron chi connectivity index (χ1n) is 13.3. The molecule has 0 radical (unpaired) electrons. The topological polar surface area (TPSA) is 251 Å². The number of anilines is 2. The highest BCUT2D eigenvalue weighted by Gasteiger charge is 2.54. The highest BCUT2D eigenvalue weighted by atomic mass is 16.6. The Morgan fingerprint density at radius 3 is 1.48 bits per heavy atom. The molecule has 8 atom stereocenters. The molecule has 8 N–H and O–H groups in total. The van der Waals surface area contributed by atoms with Gasteiger partial charge in [0.1, 0.15) is 48.3 Å². The molecule has 4 aromatic rings. The van der Waals surface area contributed by atoms with Gasteiger partial charge in [0.2, 0.25) is 0 Å². The summed E-state index contributed by atoms with van der Waals surface area (Å²) in [5.41, 5.74) is -1.85. The molecule has 2 saturated heterocycles. The number of aliphatic hydroxyl groups excluding tert-OH is 4. The summed E-state index contributed by atoms with van der Waals surface area (Å²) in [6, 6.07) is 0. The fraction of sp³-hybridized carbons (Fsp3) is 0.583. The van der Waals surface area contributed by atoms with Crippen LogP contribution in [0.3, 0.4) is 0 Å². The van der Waals surface area contributed by atoms with E-state index in [2.05, 4.69) is 40.5 Å². The second kappa shape index (κ2) is 10.6. The van der Waals surface area contributed by atoms with Crippen molar-refractivity contribution in [1.82, 2.24) is 39.0 Å². The molecule has 0 aliphatic carbocycles. The van der Waals surface area contributed by atoms with Crippen LogP contribution in [0, 0.1) is 0 Å². The maximum atomic E-state index is 10.8. The first-order chi connectivity index (χ1) is 20.1. The predicted molar refractivity (Wildman–Crippen MR) is 143 cm³/mol. The van der Waals surface area contributed by atoms with Crippen LogP contribution in [0.4, 0.5) is 11.6 Å². The molecule has 42 heavy (non-hydrogen) atoms. The predicted octanol–water partition coefficient (Wildman–Crippen LogP) is -2.51. The van der Waals surface area contributed by atoms with E-state index < -0.39 is 61.3 Å². The van der Waals surface area contributed by atoms with Crippen LogP contribution in [0.2, 0.25) is 0 Å². The molecule has 18 nitrogen and oxygen atoms in total. The molecule has 6 rings (SSSR count). The van der Waals surface area contributed by atoms with Crippen molar-refractivity contribution >= 4 is 34.0 Å². The molecule has 2 fully saturated rings. The summed E-state index contributed by atoms with van der Waals surface area (Å²) in [5, 5.41) is 67.7. The van der Waals surface area contributed by atoms with Gasteiger partial charge in [-0.25, -0.2) is 29.9 Å². The number of rotatable bonds is 9. The van der Waals surface area contributed by atoms with Crippen LogP contribution in [0.1, 0.15) is 26.3 Å². The molecule has 2 aliphatic rings. The summed E-state index contributed by atoms with van der Waals surface area (Å²) < 4.78 is 14.4. The monoisotopic (exact) mass is 588 g/mol. The third-order valence-corrected chi connectivity index (χ3v) is 7.80. The van der Waals surface area contributed by atoms with Gasteiger partial charge in [-0.15, -0.1) is 0 Å². The van der Waals surface area contributed by atoms with Gasteiger partial charge in [0.25, 0.3) is 0 Å². The van der Waals surface area contributed by atoms with Crippen LogP contribution in [-0.2, 0) is 9.47 Å². The molecule has 0 bridgehead atoms. The first-order valence-corrected chi connectivity index (χ1v) is 13.3. The largest absolute Gasteiger partial charge is 0.394 e. The number of hydrogen-bond donors (Lipinski definition) is 8. The highest BCUT2D eigenvalue weighted by Crippen LogP contribution is 2.40. The fourth-order valence-corrected chi connectivity index (χ4v) is 5.45. The Balaban J connectivity index is 1.15. The highest BCUT2D eigenvalue weighted by molar-refractivity contribution is 5.83. The number of nitrogens with one attached hydrogen (secondary N) is 2. The molecule has 0 aromatic carbocycles. The third-order valence-electron chi connectivity index (χ3n) is 7.80. The first kappa shape index (κ1) is 28.5. The number of ether oxygens (including phenoxy) is 2. The molecule has 0 spiro atoms. The Hall–Kier alpha value is -3.62. The van der Waals surface area contributed by atoms with Crippen molar-refractivity contribution in [2.75, 3.05) is 36.9 Å². The maximum Gasteiger partial charge on any atom is 0.168 e. The van der Waals surface area contributed by atoms with Gasteiger partial charge in [-0.3, -0.25) is 9.13 Å². The third kappa shape index (κ3) is 4.43. The van der Waals surface area contributed by atoms with E-state index in [0.29, 0.717) is 47.1 Å². The number of imidazole rings is 2. The van der Waals surface area contributed by atoms with Gasteiger partial charge in [0.05, 0.1) is 25.9 Å². The minimum atomic E-state index is -1.70. The van der Waals surface area contributed by atoms with Crippen molar-refractivity contribution in [1.29, 1.82) is 0 Å². The Morgan fingerprint density at radius 1 is 0.714 bits per heavy atom. The van der Waals surface area contributed by atoms with E-state index in [9.17, 15) is 30.6 Å². The number of aromatic nitrogens is 8. The van der Waals surface area contributed by atoms with Gasteiger partial charge in [-0.05, 0) is 13.8 Å². The molecule has 0 saturated carbocycles. The lowest BCUT2D eigenvalue weighted by molar-refractivity contribution is -0.0950. The quantitative estimate of drug-likeness (QED) is 0.0940. The number of hydrogen-bond acceptors (Lipinski definition) is 16. The van der Waals surface area contributed by atoms with Crippen molar-refractivity contribution < 1.29 is 40.1 Å². The Labute approximate surface area is 237 Å². The van der Waals surface area contributed by atoms with Crippen LogP contribution in [-0.4, -0.2) is 132 Å².